The molecule has 0 radical (unpaired) electrons. The van der Waals surface area contributed by atoms with E-state index in [-0.39, 0.29) is 42.4 Å². The summed E-state index contributed by atoms with van der Waals surface area (Å²) in [5.41, 5.74) is 4.94. The molecule has 70 valence electrons. The summed E-state index contributed by atoms with van der Waals surface area (Å²) in [6, 6.07) is -1.17. The largest absolute Gasteiger partial charge is 1.00 e. The van der Waals surface area contributed by atoms with Crippen LogP contribution in [-0.4, -0.2) is 23.1 Å². The van der Waals surface area contributed by atoms with Crippen molar-refractivity contribution in [1.82, 2.24) is 0 Å². The van der Waals surface area contributed by atoms with Crippen molar-refractivity contribution in [3.8, 4) is 0 Å². The van der Waals surface area contributed by atoms with E-state index in [9.17, 15) is 14.7 Å². The van der Waals surface area contributed by atoms with Crippen LogP contribution in [0.1, 0.15) is 12.8 Å². The van der Waals surface area contributed by atoms with Gasteiger partial charge in [0.05, 0.1) is 5.97 Å². The average molecular weight is 197 g/mol. The topological polar surface area (TPSA) is 103 Å². The van der Waals surface area contributed by atoms with Gasteiger partial charge in [-0.25, -0.2) is 0 Å². The molecule has 1 atom stereocenters. The molecule has 0 aromatic carbocycles. The molecule has 0 aliphatic rings. The Morgan fingerprint density at radius 2 is 1.85 bits per heavy atom. The van der Waals surface area contributed by atoms with Crippen molar-refractivity contribution < 1.29 is 49.4 Å². The van der Waals surface area contributed by atoms with E-state index < -0.39 is 18.0 Å². The summed E-state index contributed by atoms with van der Waals surface area (Å²) in [4.78, 5) is 19.7. The smallest absolute Gasteiger partial charge is 0.548 e. The number of rotatable bonds is 4. The number of nitrogens with two attached hydrogens (primary N) is 1. The van der Waals surface area contributed by atoms with Gasteiger partial charge in [-0.3, -0.25) is 4.79 Å². The minimum absolute atomic E-state index is 0. The maximum absolute atomic E-state index is 9.88. The van der Waals surface area contributed by atoms with E-state index in [0.717, 1.165) is 0 Å². The predicted molar refractivity (Wildman–Crippen MR) is 41.1 cm³/mol. The van der Waals surface area contributed by atoms with Gasteiger partial charge in [0, 0.05) is 12.5 Å². The van der Waals surface area contributed by atoms with E-state index in [2.05, 4.69) is 13.2 Å². The minimum atomic E-state index is -1.42. The van der Waals surface area contributed by atoms with E-state index >= 15 is 0 Å². The van der Waals surface area contributed by atoms with Crippen LogP contribution in [0, 0.1) is 0 Å². The molecule has 1 unspecified atom stereocenters. The van der Waals surface area contributed by atoms with Crippen molar-refractivity contribution >= 4 is 11.9 Å². The van der Waals surface area contributed by atoms with E-state index in [1.165, 1.54) is 0 Å². The van der Waals surface area contributed by atoms with Gasteiger partial charge in [0.25, 0.3) is 0 Å². The molecule has 3 N–H and O–H groups in total. The number of carbonyl (C=O) groups is 2. The third-order valence-corrected chi connectivity index (χ3v) is 0.972. The number of hydrogen-bond donors (Lipinski definition) is 2. The Balaban J connectivity index is -0.000000309. The molecule has 0 saturated carbocycles. The van der Waals surface area contributed by atoms with Crippen molar-refractivity contribution in [2.24, 2.45) is 5.73 Å². The van der Waals surface area contributed by atoms with Crippen LogP contribution in [0.15, 0.2) is 13.2 Å². The molecule has 6 heteroatoms. The molecule has 0 rings (SSSR count). The molecule has 0 spiro atoms. The Bertz CT molecular complexity index is 163. The maximum Gasteiger partial charge on any atom is 1.00 e. The molecule has 0 aliphatic heterocycles. The van der Waals surface area contributed by atoms with Gasteiger partial charge >= 0.3 is 35.5 Å². The Hall–Kier alpha value is -0.360. The van der Waals surface area contributed by atoms with Gasteiger partial charge in [0.2, 0.25) is 0 Å². The average Bonchev–Trinajstić information content (AvgIpc) is 2.03. The molecule has 0 heterocycles. The summed E-state index contributed by atoms with van der Waals surface area (Å²) in [5.74, 6) is -2.47. The summed E-state index contributed by atoms with van der Waals surface area (Å²) in [6.07, 6.45) is -0.327. The maximum atomic E-state index is 9.88. The van der Waals surface area contributed by atoms with E-state index in [1.54, 1.807) is 0 Å². The zero-order valence-corrected chi connectivity index (χ0v) is 9.66. The predicted octanol–water partition coefficient (Wildman–Crippen LogP) is -4.27. The standard InChI is InChI=1S/C5H9NO4.C2H4.Na/c6-3(5(9)10)1-2-4(7)8;1-2;/h3H,1-2,6H2,(H,7,8)(H,9,10);1-2H2;/q;;+1/p-1. The van der Waals surface area contributed by atoms with Crippen LogP contribution in [0.3, 0.4) is 0 Å². The van der Waals surface area contributed by atoms with Crippen molar-refractivity contribution in [1.29, 1.82) is 0 Å². The van der Waals surface area contributed by atoms with E-state index in [1.807, 2.05) is 0 Å². The summed E-state index contributed by atoms with van der Waals surface area (Å²) < 4.78 is 0. The van der Waals surface area contributed by atoms with Crippen LogP contribution < -0.4 is 40.4 Å². The zero-order chi connectivity index (χ0) is 10.1. The fourth-order valence-electron chi connectivity index (χ4n) is 0.397. The number of hydrogen-bond acceptors (Lipinski definition) is 4. The molecule has 0 aliphatic carbocycles. The molecule has 5 nitrogen and oxygen atoms in total. The van der Waals surface area contributed by atoms with Gasteiger partial charge in [-0.15, -0.1) is 13.2 Å². The molecular weight excluding hydrogens is 185 g/mol. The Morgan fingerprint density at radius 3 is 2.08 bits per heavy atom. The number of aliphatic carboxylic acids is 2. The Labute approximate surface area is 98.9 Å². The van der Waals surface area contributed by atoms with E-state index in [4.69, 9.17) is 10.8 Å². The first-order valence-electron chi connectivity index (χ1n) is 3.22. The summed E-state index contributed by atoms with van der Waals surface area (Å²) in [5, 5.41) is 18.0. The van der Waals surface area contributed by atoms with Gasteiger partial charge in [-0.05, 0) is 6.42 Å². The van der Waals surface area contributed by atoms with Gasteiger partial charge in [-0.1, -0.05) is 0 Å². The van der Waals surface area contributed by atoms with Gasteiger partial charge in [0.15, 0.2) is 0 Å². The fraction of sp³-hybridized carbons (Fsp3) is 0.429. The third-order valence-electron chi connectivity index (χ3n) is 0.972. The first kappa shape index (κ1) is 18.4. The fourth-order valence-corrected chi connectivity index (χ4v) is 0.397. The molecule has 0 bridgehead atoms. The summed E-state index contributed by atoms with van der Waals surface area (Å²) >= 11 is 0. The SMILES string of the molecule is C=C.NC(CCC(=O)O)C(=O)[O-].[Na+]. The summed E-state index contributed by atoms with van der Waals surface area (Å²) in [7, 11) is 0. The second-order valence-electron chi connectivity index (χ2n) is 1.86. The first-order valence-corrected chi connectivity index (χ1v) is 3.22. The number of carboxylic acids is 2. The second kappa shape index (κ2) is 11.6. The van der Waals surface area contributed by atoms with Crippen LogP contribution in [0.25, 0.3) is 0 Å². The molecule has 0 aromatic rings. The summed E-state index contributed by atoms with van der Waals surface area (Å²) in [6.45, 7) is 6.00. The Kier molecular flexibility index (Phi) is 16.5. The molecule has 0 saturated heterocycles. The Morgan fingerprint density at radius 1 is 1.46 bits per heavy atom. The van der Waals surface area contributed by atoms with E-state index in [0.29, 0.717) is 0 Å². The molecular formula is C7H12NNaO4. The monoisotopic (exact) mass is 197 g/mol. The van der Waals surface area contributed by atoms with Crippen LogP contribution in [0.5, 0.6) is 0 Å². The number of carboxylic acid groups (broad SMARTS) is 2. The third kappa shape index (κ3) is 14.5. The van der Waals surface area contributed by atoms with Crippen LogP contribution in [-0.2, 0) is 9.59 Å². The van der Waals surface area contributed by atoms with Gasteiger partial charge < -0.3 is 20.7 Å². The number of carbonyl (C=O) groups excluding carboxylic acids is 1. The van der Waals surface area contributed by atoms with Crippen molar-refractivity contribution in [2.75, 3.05) is 0 Å². The zero-order valence-electron chi connectivity index (χ0n) is 7.66. The van der Waals surface area contributed by atoms with Crippen molar-refractivity contribution in [2.45, 2.75) is 18.9 Å². The van der Waals surface area contributed by atoms with Crippen LogP contribution >= 0.6 is 0 Å². The van der Waals surface area contributed by atoms with Crippen LogP contribution in [0.2, 0.25) is 0 Å². The minimum Gasteiger partial charge on any atom is -0.548 e. The van der Waals surface area contributed by atoms with Gasteiger partial charge in [-0.2, -0.15) is 0 Å². The van der Waals surface area contributed by atoms with Crippen molar-refractivity contribution in [3.05, 3.63) is 13.2 Å². The van der Waals surface area contributed by atoms with Gasteiger partial charge in [0.1, 0.15) is 0 Å². The van der Waals surface area contributed by atoms with Crippen molar-refractivity contribution in [3.63, 3.8) is 0 Å². The molecule has 13 heavy (non-hydrogen) atoms. The molecule has 0 amide bonds. The quantitative estimate of drug-likeness (QED) is 0.351. The second-order valence-corrected chi connectivity index (χ2v) is 1.86. The first-order chi connectivity index (χ1) is 5.54. The van der Waals surface area contributed by atoms with Crippen LogP contribution in [0.4, 0.5) is 0 Å². The normalized spacial score (nSPS) is 9.92. The molecule has 0 aromatic heterocycles. The molecule has 0 fully saturated rings.